The Balaban J connectivity index is 1.49. The lowest BCUT2D eigenvalue weighted by Crippen LogP contribution is -2.26. The highest BCUT2D eigenvalue weighted by Crippen LogP contribution is 2.37. The molecule has 2 aromatic carbocycles. The van der Waals surface area contributed by atoms with Crippen molar-refractivity contribution in [2.75, 3.05) is 6.61 Å². The Labute approximate surface area is 255 Å². The predicted molar refractivity (Wildman–Crippen MR) is 166 cm³/mol. The van der Waals surface area contributed by atoms with E-state index in [1.807, 2.05) is 75.3 Å². The maximum atomic E-state index is 13.8. The van der Waals surface area contributed by atoms with Gasteiger partial charge < -0.3 is 24.1 Å². The molecule has 0 aliphatic rings. The molecule has 9 nitrogen and oxygen atoms in total. The number of para-hydroxylation sites is 1. The first kappa shape index (κ1) is 30.0. The van der Waals surface area contributed by atoms with E-state index < -0.39 is 5.97 Å². The zero-order chi connectivity index (χ0) is 31.0. The summed E-state index contributed by atoms with van der Waals surface area (Å²) in [5, 5.41) is 18.4. The summed E-state index contributed by atoms with van der Waals surface area (Å²) in [5.74, 6) is -0.493. The van der Waals surface area contributed by atoms with Gasteiger partial charge in [0, 0.05) is 41.3 Å². The van der Waals surface area contributed by atoms with Crippen LogP contribution in [0.3, 0.4) is 0 Å². The summed E-state index contributed by atoms with van der Waals surface area (Å²) in [6.45, 7) is 8.46. The van der Waals surface area contributed by atoms with Crippen molar-refractivity contribution >= 4 is 34.4 Å². The smallest absolute Gasteiger partial charge is 0.371 e. The molecular formula is C33H35ClN4O5. The summed E-state index contributed by atoms with van der Waals surface area (Å²) in [7, 11) is 3.83. The second kappa shape index (κ2) is 12.0. The maximum absolute atomic E-state index is 13.8. The molecule has 0 saturated heterocycles. The fourth-order valence-electron chi connectivity index (χ4n) is 5.77. The first-order valence-corrected chi connectivity index (χ1v) is 14.5. The molecule has 0 aliphatic heterocycles. The Morgan fingerprint density at radius 3 is 2.42 bits per heavy atom. The van der Waals surface area contributed by atoms with Crippen LogP contribution in [0.2, 0.25) is 5.02 Å². The van der Waals surface area contributed by atoms with Crippen LogP contribution in [-0.2, 0) is 27.1 Å². The van der Waals surface area contributed by atoms with E-state index in [2.05, 4.69) is 16.5 Å². The van der Waals surface area contributed by atoms with Crippen LogP contribution in [0.1, 0.15) is 61.3 Å². The molecule has 0 radical (unpaired) electrons. The number of halogens is 1. The average molecular weight is 603 g/mol. The van der Waals surface area contributed by atoms with Crippen molar-refractivity contribution in [2.24, 2.45) is 14.1 Å². The van der Waals surface area contributed by atoms with E-state index >= 15 is 0 Å². The van der Waals surface area contributed by atoms with E-state index in [0.717, 1.165) is 60.9 Å². The molecule has 0 saturated carbocycles. The number of aromatic nitrogens is 3. The molecule has 0 unspecified atom stereocenters. The van der Waals surface area contributed by atoms with Crippen molar-refractivity contribution < 1.29 is 23.8 Å². The summed E-state index contributed by atoms with van der Waals surface area (Å²) in [6, 6.07) is 12.9. The van der Waals surface area contributed by atoms with Crippen molar-refractivity contribution in [3.05, 3.63) is 92.8 Å². The van der Waals surface area contributed by atoms with Crippen molar-refractivity contribution in [2.45, 2.75) is 47.1 Å². The van der Waals surface area contributed by atoms with Crippen molar-refractivity contribution in [3.63, 3.8) is 0 Å². The number of carboxylic acid groups (broad SMARTS) is 1. The number of aromatic carboxylic acids is 1. The van der Waals surface area contributed by atoms with Gasteiger partial charge in [-0.2, -0.15) is 5.10 Å². The van der Waals surface area contributed by atoms with Crippen LogP contribution >= 0.6 is 11.6 Å². The first-order chi connectivity index (χ1) is 20.5. The van der Waals surface area contributed by atoms with Crippen molar-refractivity contribution in [3.8, 4) is 16.9 Å². The molecule has 1 amide bonds. The summed E-state index contributed by atoms with van der Waals surface area (Å²) in [5.41, 5.74) is 8.31. The van der Waals surface area contributed by atoms with Gasteiger partial charge in [0.1, 0.15) is 17.2 Å². The van der Waals surface area contributed by atoms with Gasteiger partial charge in [0.05, 0.1) is 24.4 Å². The largest absolute Gasteiger partial charge is 0.494 e. The number of hydrogen-bond acceptors (Lipinski definition) is 5. The van der Waals surface area contributed by atoms with Crippen LogP contribution in [-0.4, -0.2) is 37.9 Å². The van der Waals surface area contributed by atoms with E-state index in [1.54, 1.807) is 6.07 Å². The normalized spacial score (nSPS) is 11.3. The molecule has 3 heterocycles. The highest BCUT2D eigenvalue weighted by atomic mass is 35.5. The lowest BCUT2D eigenvalue weighted by atomic mass is 9.98. The lowest BCUT2D eigenvalue weighted by molar-refractivity contribution is 0.0660. The standard InChI is InChI=1S/C33H35ClN4O5/c1-18-15-23(16-19(2)29(18)34)42-14-8-11-25-24-9-7-10-26(28-20(3)36-38(6)21(28)4)30(24)37(5)31(25)32(39)35-17-22-12-13-27(43-22)33(40)41/h7,9-10,12-13,15-16H,8,11,14,17H2,1-6H3,(H,35,39)(H,40,41). The van der Waals surface area contributed by atoms with Crippen molar-refractivity contribution in [1.82, 2.24) is 19.7 Å². The Morgan fingerprint density at radius 1 is 1.07 bits per heavy atom. The minimum absolute atomic E-state index is 0.0547. The minimum Gasteiger partial charge on any atom is -0.494 e. The Morgan fingerprint density at radius 2 is 1.79 bits per heavy atom. The van der Waals surface area contributed by atoms with Crippen LogP contribution in [0.5, 0.6) is 5.75 Å². The molecule has 0 bridgehead atoms. The topological polar surface area (TPSA) is 112 Å². The molecule has 2 N–H and O–H groups in total. The molecule has 0 aliphatic carbocycles. The number of carboxylic acids is 1. The van der Waals surface area contributed by atoms with Gasteiger partial charge in [0.2, 0.25) is 5.76 Å². The van der Waals surface area contributed by atoms with E-state index in [4.69, 9.17) is 20.8 Å². The number of carbonyl (C=O) groups excluding carboxylic acids is 1. The van der Waals surface area contributed by atoms with Gasteiger partial charge in [0.15, 0.2) is 0 Å². The predicted octanol–water partition coefficient (Wildman–Crippen LogP) is 6.70. The summed E-state index contributed by atoms with van der Waals surface area (Å²) in [6.07, 6.45) is 1.28. The Hall–Kier alpha value is -4.50. The molecule has 5 rings (SSSR count). The molecule has 43 heavy (non-hydrogen) atoms. The molecule has 0 atom stereocenters. The van der Waals surface area contributed by atoms with Gasteiger partial charge in [-0.1, -0.05) is 29.8 Å². The van der Waals surface area contributed by atoms with Crippen LogP contribution in [0, 0.1) is 27.7 Å². The Kier molecular flexibility index (Phi) is 8.37. The third-order valence-corrected chi connectivity index (χ3v) is 8.45. The van der Waals surface area contributed by atoms with Gasteiger partial charge in [-0.05, 0) is 81.5 Å². The number of fused-ring (bicyclic) bond motifs is 1. The van der Waals surface area contributed by atoms with Crippen LogP contribution in [0.15, 0.2) is 46.9 Å². The molecule has 10 heteroatoms. The van der Waals surface area contributed by atoms with Gasteiger partial charge >= 0.3 is 5.97 Å². The molecular weight excluding hydrogens is 568 g/mol. The fraction of sp³-hybridized carbons (Fsp3) is 0.303. The van der Waals surface area contributed by atoms with Crippen LogP contribution in [0.25, 0.3) is 22.0 Å². The van der Waals surface area contributed by atoms with Crippen molar-refractivity contribution in [1.29, 1.82) is 0 Å². The summed E-state index contributed by atoms with van der Waals surface area (Å²) < 4.78 is 15.2. The average Bonchev–Trinajstić information content (AvgIpc) is 3.63. The summed E-state index contributed by atoms with van der Waals surface area (Å²) >= 11 is 6.32. The number of hydrogen-bond donors (Lipinski definition) is 2. The van der Waals surface area contributed by atoms with E-state index in [9.17, 15) is 14.7 Å². The fourth-order valence-corrected chi connectivity index (χ4v) is 5.87. The molecule has 5 aromatic rings. The van der Waals surface area contributed by atoms with Gasteiger partial charge in [-0.3, -0.25) is 9.48 Å². The molecule has 224 valence electrons. The van der Waals surface area contributed by atoms with Gasteiger partial charge in [-0.15, -0.1) is 0 Å². The summed E-state index contributed by atoms with van der Waals surface area (Å²) in [4.78, 5) is 25.0. The number of amides is 1. The number of carbonyl (C=O) groups is 2. The van der Waals surface area contributed by atoms with Crippen LogP contribution in [0.4, 0.5) is 0 Å². The maximum Gasteiger partial charge on any atom is 0.371 e. The highest BCUT2D eigenvalue weighted by molar-refractivity contribution is 6.32. The number of benzene rings is 2. The number of nitrogens with zero attached hydrogens (tertiary/aromatic N) is 3. The molecule has 0 fully saturated rings. The van der Waals surface area contributed by atoms with E-state index in [1.165, 1.54) is 6.07 Å². The van der Waals surface area contributed by atoms with E-state index in [0.29, 0.717) is 30.9 Å². The van der Waals surface area contributed by atoms with Gasteiger partial charge in [0.25, 0.3) is 5.91 Å². The van der Waals surface area contributed by atoms with Gasteiger partial charge in [-0.25, -0.2) is 4.79 Å². The van der Waals surface area contributed by atoms with E-state index in [-0.39, 0.29) is 18.2 Å². The highest BCUT2D eigenvalue weighted by Gasteiger charge is 2.25. The third-order valence-electron chi connectivity index (χ3n) is 7.86. The second-order valence-electron chi connectivity index (χ2n) is 10.8. The minimum atomic E-state index is -1.16. The molecule has 0 spiro atoms. The lowest BCUT2D eigenvalue weighted by Gasteiger charge is -2.11. The molecule has 3 aromatic heterocycles. The SMILES string of the molecule is Cc1cc(OCCCc2c(C(=O)NCc3ccc(C(=O)O)o3)n(C)c3c(-c4c(C)nn(C)c4C)cccc23)cc(C)c1Cl. The number of nitrogens with one attached hydrogen (secondary N) is 1. The monoisotopic (exact) mass is 602 g/mol. The first-order valence-electron chi connectivity index (χ1n) is 14.1. The number of rotatable bonds is 10. The second-order valence-corrected chi connectivity index (χ2v) is 11.2. The quantitative estimate of drug-likeness (QED) is 0.172. The number of aryl methyl sites for hydroxylation is 6. The third kappa shape index (κ3) is 5.77. The van der Waals surface area contributed by atoms with Crippen LogP contribution < -0.4 is 10.1 Å². The number of ether oxygens (including phenoxy) is 1. The zero-order valence-electron chi connectivity index (χ0n) is 25.2. The number of furan rings is 1. The Bertz CT molecular complexity index is 1840. The zero-order valence-corrected chi connectivity index (χ0v) is 25.9.